The lowest BCUT2D eigenvalue weighted by molar-refractivity contribution is -0.136. The molecule has 1 N–H and O–H groups in total. The highest BCUT2D eigenvalue weighted by molar-refractivity contribution is 7.12. The Labute approximate surface area is 153 Å². The average molecular weight is 372 g/mol. The predicted octanol–water partition coefficient (Wildman–Crippen LogP) is 2.23. The Kier molecular flexibility index (Phi) is 7.07. The molecular weight excluding hydrogens is 346 g/mol. The molecule has 2 saturated heterocycles. The highest BCUT2D eigenvalue weighted by Crippen LogP contribution is 2.25. The average Bonchev–Trinajstić information content (AvgIpc) is 3.26. The fourth-order valence-corrected chi connectivity index (χ4v) is 4.34. The number of hydrogen-bond donors (Lipinski definition) is 1. The summed E-state index contributed by atoms with van der Waals surface area (Å²) in [6.07, 6.45) is 3.83. The zero-order chi connectivity index (χ0) is 16.2. The van der Waals surface area contributed by atoms with Gasteiger partial charge in [0.15, 0.2) is 0 Å². The van der Waals surface area contributed by atoms with Crippen LogP contribution in [0.4, 0.5) is 0 Å². The molecule has 3 heterocycles. The maximum atomic E-state index is 12.9. The van der Waals surface area contributed by atoms with Crippen LogP contribution in [0.15, 0.2) is 17.5 Å². The van der Waals surface area contributed by atoms with Crippen LogP contribution in [0.1, 0.15) is 35.4 Å². The number of rotatable bonds is 4. The van der Waals surface area contributed by atoms with E-state index in [1.165, 1.54) is 11.3 Å². The smallest absolute Gasteiger partial charge is 0.264 e. The molecule has 0 radical (unpaired) electrons. The van der Waals surface area contributed by atoms with Crippen LogP contribution in [0.5, 0.6) is 0 Å². The summed E-state index contributed by atoms with van der Waals surface area (Å²) in [5, 5.41) is 5.13. The van der Waals surface area contributed by atoms with Gasteiger partial charge in [-0.2, -0.15) is 0 Å². The number of carbonyl (C=O) groups is 2. The van der Waals surface area contributed by atoms with Gasteiger partial charge in [0.25, 0.3) is 5.91 Å². The Morgan fingerprint density at radius 3 is 2.62 bits per heavy atom. The van der Waals surface area contributed by atoms with Crippen molar-refractivity contribution in [1.82, 2.24) is 15.1 Å². The van der Waals surface area contributed by atoms with Crippen LogP contribution in [-0.4, -0.2) is 60.9 Å². The molecule has 0 spiro atoms. The number of piperidine rings is 1. The molecule has 1 aromatic heterocycles. The van der Waals surface area contributed by atoms with Crippen molar-refractivity contribution < 1.29 is 9.59 Å². The summed E-state index contributed by atoms with van der Waals surface area (Å²) in [5.41, 5.74) is 0. The molecule has 0 aliphatic carbocycles. The third-order valence-corrected chi connectivity index (χ3v) is 5.81. The maximum absolute atomic E-state index is 12.9. The Morgan fingerprint density at radius 2 is 2.00 bits per heavy atom. The molecule has 1 aromatic rings. The Balaban J connectivity index is 0.00000208. The molecule has 2 amide bonds. The standard InChI is InChI=1S/C17H25N3O2S.ClH/c1-18-12-13-6-9-19(10-7-13)16(21)14-4-2-8-20(14)17(22)15-5-3-11-23-15;/h3,5,11,13-14,18H,2,4,6-10,12H2,1H3;1H. The summed E-state index contributed by atoms with van der Waals surface area (Å²) >= 11 is 1.45. The van der Waals surface area contributed by atoms with E-state index in [1.54, 1.807) is 4.90 Å². The van der Waals surface area contributed by atoms with Crippen molar-refractivity contribution in [3.63, 3.8) is 0 Å². The second-order valence-electron chi connectivity index (χ2n) is 6.46. The lowest BCUT2D eigenvalue weighted by atomic mass is 9.96. The first-order valence-electron chi connectivity index (χ1n) is 8.48. The van der Waals surface area contributed by atoms with E-state index in [0.717, 1.165) is 50.2 Å². The molecule has 7 heteroatoms. The molecule has 1 unspecified atom stereocenters. The fourth-order valence-electron chi connectivity index (χ4n) is 3.67. The van der Waals surface area contributed by atoms with Gasteiger partial charge in [-0.05, 0) is 56.6 Å². The van der Waals surface area contributed by atoms with Crippen LogP contribution in [0.2, 0.25) is 0 Å². The summed E-state index contributed by atoms with van der Waals surface area (Å²) in [5.74, 6) is 0.827. The molecule has 5 nitrogen and oxygen atoms in total. The van der Waals surface area contributed by atoms with Crippen molar-refractivity contribution in [2.24, 2.45) is 5.92 Å². The van der Waals surface area contributed by atoms with E-state index >= 15 is 0 Å². The largest absolute Gasteiger partial charge is 0.341 e. The first-order chi connectivity index (χ1) is 11.2. The number of thiophene rings is 1. The van der Waals surface area contributed by atoms with Crippen molar-refractivity contribution >= 4 is 35.6 Å². The van der Waals surface area contributed by atoms with E-state index in [0.29, 0.717) is 12.5 Å². The van der Waals surface area contributed by atoms with Crippen LogP contribution in [0.3, 0.4) is 0 Å². The predicted molar refractivity (Wildman–Crippen MR) is 98.9 cm³/mol. The van der Waals surface area contributed by atoms with Gasteiger partial charge in [0.2, 0.25) is 5.91 Å². The van der Waals surface area contributed by atoms with Gasteiger partial charge in [0, 0.05) is 19.6 Å². The Bertz CT molecular complexity index is 544. The highest BCUT2D eigenvalue weighted by atomic mass is 35.5. The molecule has 2 fully saturated rings. The molecule has 134 valence electrons. The summed E-state index contributed by atoms with van der Waals surface area (Å²) in [4.78, 5) is 30.0. The quantitative estimate of drug-likeness (QED) is 0.883. The Morgan fingerprint density at radius 1 is 1.25 bits per heavy atom. The molecular formula is C17H26ClN3O2S. The molecule has 0 bridgehead atoms. The van der Waals surface area contributed by atoms with Gasteiger partial charge in [0.1, 0.15) is 6.04 Å². The third kappa shape index (κ3) is 4.10. The van der Waals surface area contributed by atoms with Crippen LogP contribution < -0.4 is 5.32 Å². The van der Waals surface area contributed by atoms with E-state index in [1.807, 2.05) is 29.5 Å². The van der Waals surface area contributed by atoms with Gasteiger partial charge in [-0.1, -0.05) is 6.07 Å². The van der Waals surface area contributed by atoms with Crippen molar-refractivity contribution in [2.75, 3.05) is 33.2 Å². The Hall–Kier alpha value is -1.11. The van der Waals surface area contributed by atoms with Gasteiger partial charge in [-0.15, -0.1) is 23.7 Å². The minimum atomic E-state index is -0.259. The maximum Gasteiger partial charge on any atom is 0.264 e. The number of amides is 2. The summed E-state index contributed by atoms with van der Waals surface area (Å²) in [6, 6.07) is 3.47. The fraction of sp³-hybridized carbons (Fsp3) is 0.647. The number of likely N-dealkylation sites (tertiary alicyclic amines) is 2. The van der Waals surface area contributed by atoms with Crippen molar-refractivity contribution in [3.05, 3.63) is 22.4 Å². The zero-order valence-corrected chi connectivity index (χ0v) is 15.7. The highest BCUT2D eigenvalue weighted by Gasteiger charge is 2.37. The van der Waals surface area contributed by atoms with Crippen LogP contribution >= 0.6 is 23.7 Å². The second kappa shape index (κ2) is 8.83. The number of halogens is 1. The lowest BCUT2D eigenvalue weighted by Gasteiger charge is -2.35. The van der Waals surface area contributed by atoms with Crippen LogP contribution in [0.25, 0.3) is 0 Å². The minimum absolute atomic E-state index is 0. The molecule has 24 heavy (non-hydrogen) atoms. The van der Waals surface area contributed by atoms with E-state index in [4.69, 9.17) is 0 Å². The van der Waals surface area contributed by atoms with E-state index in [2.05, 4.69) is 5.32 Å². The van der Waals surface area contributed by atoms with Crippen LogP contribution in [-0.2, 0) is 4.79 Å². The third-order valence-electron chi connectivity index (χ3n) is 4.95. The first-order valence-corrected chi connectivity index (χ1v) is 9.36. The summed E-state index contributed by atoms with van der Waals surface area (Å²) in [6.45, 7) is 3.36. The van der Waals surface area contributed by atoms with Gasteiger partial charge in [-0.3, -0.25) is 9.59 Å². The van der Waals surface area contributed by atoms with Crippen molar-refractivity contribution in [1.29, 1.82) is 0 Å². The number of nitrogens with zero attached hydrogens (tertiary/aromatic N) is 2. The summed E-state index contributed by atoms with van der Waals surface area (Å²) < 4.78 is 0. The molecule has 1 atom stereocenters. The van der Waals surface area contributed by atoms with E-state index < -0.39 is 0 Å². The van der Waals surface area contributed by atoms with Crippen molar-refractivity contribution in [2.45, 2.75) is 31.7 Å². The minimum Gasteiger partial charge on any atom is -0.341 e. The normalized spacial score (nSPS) is 21.6. The number of nitrogens with one attached hydrogen (secondary N) is 1. The lowest BCUT2D eigenvalue weighted by Crippen LogP contribution is -2.50. The second-order valence-corrected chi connectivity index (χ2v) is 7.41. The first kappa shape index (κ1) is 19.2. The number of carbonyl (C=O) groups excluding carboxylic acids is 2. The van der Waals surface area contributed by atoms with Gasteiger partial charge >= 0.3 is 0 Å². The van der Waals surface area contributed by atoms with Gasteiger partial charge in [-0.25, -0.2) is 0 Å². The SMILES string of the molecule is CNCC1CCN(C(=O)C2CCCN2C(=O)c2cccs2)CC1.Cl. The molecule has 3 rings (SSSR count). The molecule has 0 aromatic carbocycles. The van der Waals surface area contributed by atoms with Gasteiger partial charge in [0.05, 0.1) is 4.88 Å². The van der Waals surface area contributed by atoms with Gasteiger partial charge < -0.3 is 15.1 Å². The molecule has 2 aliphatic heterocycles. The molecule has 2 aliphatic rings. The monoisotopic (exact) mass is 371 g/mol. The van der Waals surface area contributed by atoms with E-state index in [9.17, 15) is 9.59 Å². The van der Waals surface area contributed by atoms with Crippen molar-refractivity contribution in [3.8, 4) is 0 Å². The van der Waals surface area contributed by atoms with Crippen LogP contribution in [0, 0.1) is 5.92 Å². The molecule has 0 saturated carbocycles. The zero-order valence-electron chi connectivity index (χ0n) is 14.1. The summed E-state index contributed by atoms with van der Waals surface area (Å²) in [7, 11) is 1.98. The number of hydrogen-bond acceptors (Lipinski definition) is 4. The van der Waals surface area contributed by atoms with E-state index in [-0.39, 0.29) is 30.3 Å². The topological polar surface area (TPSA) is 52.7 Å².